The van der Waals surface area contributed by atoms with Crippen LogP contribution in [0.3, 0.4) is 0 Å². The highest BCUT2D eigenvalue weighted by Crippen LogP contribution is 2.16. The fraction of sp³-hybridized carbons (Fsp3) is 0.500. The first-order valence-electron chi connectivity index (χ1n) is 5.90. The van der Waals surface area contributed by atoms with Crippen molar-refractivity contribution in [2.24, 2.45) is 5.92 Å². The van der Waals surface area contributed by atoms with Gasteiger partial charge in [-0.05, 0) is 18.1 Å². The van der Waals surface area contributed by atoms with Crippen LogP contribution in [-0.4, -0.2) is 13.6 Å². The molecule has 0 amide bonds. The molecule has 0 N–H and O–H groups in total. The minimum Gasteiger partial charge on any atom is -0.493 e. The highest BCUT2D eigenvalue weighted by atomic mass is 19.4. The molecule has 96 valence electrons. The third kappa shape index (κ3) is 4.33. The van der Waals surface area contributed by atoms with Crippen LogP contribution in [0.15, 0.2) is 24.3 Å². The van der Waals surface area contributed by atoms with Gasteiger partial charge in [-0.2, -0.15) is 0 Å². The molecule has 1 aromatic rings. The van der Waals surface area contributed by atoms with Gasteiger partial charge in [0, 0.05) is 0 Å². The molecule has 17 heavy (non-hydrogen) atoms. The maximum absolute atomic E-state index is 12.5. The van der Waals surface area contributed by atoms with Gasteiger partial charge in [0.1, 0.15) is 5.75 Å². The summed E-state index contributed by atoms with van der Waals surface area (Å²) in [5.41, 5.74) is -0.605. The Labute approximate surface area is 100 Å². The van der Waals surface area contributed by atoms with Crippen molar-refractivity contribution in [3.63, 3.8) is 0 Å². The first kappa shape index (κ1) is 13.9. The Hall–Kier alpha value is -1.13. The van der Waals surface area contributed by atoms with Crippen LogP contribution in [0.5, 0.6) is 5.75 Å². The first-order valence-corrected chi connectivity index (χ1v) is 5.90. The Morgan fingerprint density at radius 2 is 1.82 bits per heavy atom. The minimum atomic E-state index is -4.94. The van der Waals surface area contributed by atoms with Gasteiger partial charge in [-0.1, -0.05) is 38.8 Å². The molecule has 0 atom stereocenters. The van der Waals surface area contributed by atoms with E-state index >= 15 is 0 Å². The molecule has 0 aromatic heterocycles. The number of hydrogen-bond donors (Lipinski definition) is 0. The molecule has 0 saturated heterocycles. The van der Waals surface area contributed by atoms with Crippen LogP contribution in [0, 0.1) is 5.92 Å². The van der Waals surface area contributed by atoms with E-state index < -0.39 is 12.4 Å². The molecule has 1 nitrogen and oxygen atoms in total. The fourth-order valence-corrected chi connectivity index (χ4v) is 1.55. The van der Waals surface area contributed by atoms with Crippen molar-refractivity contribution in [3.05, 3.63) is 24.3 Å². The molecule has 5 heteroatoms. The topological polar surface area (TPSA) is 9.23 Å². The summed E-state index contributed by atoms with van der Waals surface area (Å²) in [7, 11) is 0. The van der Waals surface area contributed by atoms with E-state index in [4.69, 9.17) is 4.74 Å². The van der Waals surface area contributed by atoms with E-state index in [0.717, 1.165) is 25.0 Å². The van der Waals surface area contributed by atoms with Crippen LogP contribution < -0.4 is 10.2 Å². The Morgan fingerprint density at radius 3 is 2.35 bits per heavy atom. The van der Waals surface area contributed by atoms with Gasteiger partial charge in [-0.25, -0.2) is 0 Å². The number of ether oxygens (including phenoxy) is 1. The van der Waals surface area contributed by atoms with Crippen LogP contribution in [0.4, 0.5) is 12.9 Å². The summed E-state index contributed by atoms with van der Waals surface area (Å²) in [6.45, 7) is -0.374. The smallest absolute Gasteiger partial charge is 0.493 e. The normalized spacial score (nSPS) is 11.9. The van der Waals surface area contributed by atoms with Crippen molar-refractivity contribution < 1.29 is 17.7 Å². The van der Waals surface area contributed by atoms with E-state index in [0.29, 0.717) is 18.3 Å². The third-order valence-corrected chi connectivity index (χ3v) is 2.88. The Balaban J connectivity index is 2.66. The lowest BCUT2D eigenvalue weighted by Crippen LogP contribution is -2.33. The van der Waals surface area contributed by atoms with E-state index in [-0.39, 0.29) is 0 Å². The lowest BCUT2D eigenvalue weighted by atomic mass is 9.80. The van der Waals surface area contributed by atoms with Crippen LogP contribution >= 0.6 is 0 Å². The summed E-state index contributed by atoms with van der Waals surface area (Å²) >= 11 is 0. The number of benzene rings is 1. The quantitative estimate of drug-likeness (QED) is 0.696. The fourth-order valence-electron chi connectivity index (χ4n) is 1.55. The average Bonchev–Trinajstić information content (AvgIpc) is 2.30. The second-order valence-electron chi connectivity index (χ2n) is 4.14. The van der Waals surface area contributed by atoms with Gasteiger partial charge < -0.3 is 17.7 Å². The predicted octanol–water partition coefficient (Wildman–Crippen LogP) is 3.56. The molecular formula is C12H17BF3O-. The SMILES string of the molecule is CCC(CC)COc1cccc([B-](F)(F)F)c1. The third-order valence-electron chi connectivity index (χ3n) is 2.88. The van der Waals surface area contributed by atoms with Crippen molar-refractivity contribution in [1.82, 2.24) is 0 Å². The summed E-state index contributed by atoms with van der Waals surface area (Å²) in [4.78, 5) is 0. The standard InChI is InChI=1S/C12H17BF3O/c1-3-10(4-2)9-17-12-7-5-6-11(8-12)13(14,15)16/h5-8,10H,3-4,9H2,1-2H3/q-1. The molecule has 0 fully saturated rings. The van der Waals surface area contributed by atoms with Crippen molar-refractivity contribution in [2.75, 3.05) is 6.61 Å². The Morgan fingerprint density at radius 1 is 1.18 bits per heavy atom. The largest absolute Gasteiger partial charge is 0.509 e. The van der Waals surface area contributed by atoms with E-state index in [1.54, 1.807) is 6.07 Å². The lowest BCUT2D eigenvalue weighted by molar-refractivity contribution is 0.240. The van der Waals surface area contributed by atoms with Crippen molar-refractivity contribution >= 4 is 12.4 Å². The van der Waals surface area contributed by atoms with Crippen LogP contribution in [0.2, 0.25) is 0 Å². The zero-order valence-corrected chi connectivity index (χ0v) is 10.1. The molecule has 0 spiro atoms. The van der Waals surface area contributed by atoms with Crippen LogP contribution in [-0.2, 0) is 0 Å². The average molecular weight is 245 g/mol. The zero-order valence-electron chi connectivity index (χ0n) is 10.1. The molecular weight excluding hydrogens is 228 g/mol. The van der Waals surface area contributed by atoms with Gasteiger partial charge in [0.05, 0.1) is 6.61 Å². The van der Waals surface area contributed by atoms with Gasteiger partial charge in [0.25, 0.3) is 0 Å². The van der Waals surface area contributed by atoms with Gasteiger partial charge >= 0.3 is 6.98 Å². The van der Waals surface area contributed by atoms with Crippen molar-refractivity contribution in [1.29, 1.82) is 0 Å². The lowest BCUT2D eigenvalue weighted by Gasteiger charge is -2.17. The number of hydrogen-bond acceptors (Lipinski definition) is 1. The van der Waals surface area contributed by atoms with Gasteiger partial charge in [-0.3, -0.25) is 0 Å². The van der Waals surface area contributed by atoms with E-state index in [2.05, 4.69) is 0 Å². The summed E-state index contributed by atoms with van der Waals surface area (Å²) in [6.07, 6.45) is 1.94. The van der Waals surface area contributed by atoms with Crippen LogP contribution in [0.25, 0.3) is 0 Å². The molecule has 0 heterocycles. The Bertz CT molecular complexity index is 348. The summed E-state index contributed by atoms with van der Waals surface area (Å²) < 4.78 is 42.9. The molecule has 0 radical (unpaired) electrons. The number of rotatable bonds is 6. The Kier molecular flexibility index (Phi) is 4.91. The summed E-state index contributed by atoms with van der Waals surface area (Å²) in [6, 6.07) is 5.09. The molecule has 0 unspecified atom stereocenters. The van der Waals surface area contributed by atoms with Crippen molar-refractivity contribution in [3.8, 4) is 5.75 Å². The van der Waals surface area contributed by atoms with E-state index in [1.165, 1.54) is 6.07 Å². The van der Waals surface area contributed by atoms with E-state index in [9.17, 15) is 12.9 Å². The predicted molar refractivity (Wildman–Crippen MR) is 64.7 cm³/mol. The van der Waals surface area contributed by atoms with Crippen molar-refractivity contribution in [2.45, 2.75) is 26.7 Å². The second kappa shape index (κ2) is 5.98. The van der Waals surface area contributed by atoms with Gasteiger partial charge in [0.15, 0.2) is 0 Å². The highest BCUT2D eigenvalue weighted by Gasteiger charge is 2.25. The number of halogens is 3. The van der Waals surface area contributed by atoms with E-state index in [1.807, 2.05) is 13.8 Å². The van der Waals surface area contributed by atoms with Gasteiger partial charge in [-0.15, -0.1) is 5.46 Å². The molecule has 0 aliphatic heterocycles. The molecule has 1 rings (SSSR count). The zero-order chi connectivity index (χ0) is 12.9. The van der Waals surface area contributed by atoms with Crippen LogP contribution in [0.1, 0.15) is 26.7 Å². The van der Waals surface area contributed by atoms with Gasteiger partial charge in [0.2, 0.25) is 0 Å². The molecule has 0 saturated carbocycles. The maximum atomic E-state index is 12.5. The summed E-state index contributed by atoms with van der Waals surface area (Å²) in [5, 5.41) is 0. The highest BCUT2D eigenvalue weighted by molar-refractivity contribution is 6.73. The monoisotopic (exact) mass is 245 g/mol. The molecule has 0 bridgehead atoms. The molecule has 1 aromatic carbocycles. The minimum absolute atomic E-state index is 0.300. The first-order chi connectivity index (χ1) is 7.97. The summed E-state index contributed by atoms with van der Waals surface area (Å²) in [5.74, 6) is 0.698. The maximum Gasteiger partial charge on any atom is 0.509 e. The molecule has 0 aliphatic carbocycles. The second-order valence-corrected chi connectivity index (χ2v) is 4.14. The molecule has 0 aliphatic rings.